The predicted molar refractivity (Wildman–Crippen MR) is 56.2 cm³/mol. The van der Waals surface area contributed by atoms with Gasteiger partial charge in [-0.2, -0.15) is 0 Å². The summed E-state index contributed by atoms with van der Waals surface area (Å²) in [5, 5.41) is 0. The maximum Gasteiger partial charge on any atom is 0.263 e. The van der Waals surface area contributed by atoms with E-state index in [1.54, 1.807) is 0 Å². The van der Waals surface area contributed by atoms with Gasteiger partial charge in [0.2, 0.25) is 0 Å². The second-order valence-corrected chi connectivity index (χ2v) is 7.04. The van der Waals surface area contributed by atoms with Crippen molar-refractivity contribution in [2.45, 2.75) is 52.1 Å². The summed E-state index contributed by atoms with van der Waals surface area (Å²) in [6.07, 6.45) is 6.00. The topological polar surface area (TPSA) is 20.2 Å². The zero-order valence-electron chi connectivity index (χ0n) is 8.48. The van der Waals surface area contributed by atoms with Gasteiger partial charge in [0, 0.05) is 6.42 Å². The highest BCUT2D eigenvalue weighted by Crippen LogP contribution is 2.01. The largest absolute Gasteiger partial charge is 0.422 e. The Morgan fingerprint density at radius 1 is 1.17 bits per heavy atom. The molecule has 0 aromatic heterocycles. The third-order valence-electron chi connectivity index (χ3n) is 1.55. The van der Waals surface area contributed by atoms with Crippen LogP contribution in [0, 0.1) is 11.5 Å². The zero-order chi connectivity index (χ0) is 9.45. The molecule has 0 rings (SSSR count). The SMILES string of the molecule is CCCCCCC#C[Si](C)(C)O. The lowest BCUT2D eigenvalue weighted by Gasteiger charge is -2.01. The molecule has 2 heteroatoms. The van der Waals surface area contributed by atoms with Crippen molar-refractivity contribution in [3.63, 3.8) is 0 Å². The fourth-order valence-corrected chi connectivity index (χ4v) is 1.48. The minimum absolute atomic E-state index is 0.955. The second-order valence-electron chi connectivity index (χ2n) is 3.67. The van der Waals surface area contributed by atoms with Crippen molar-refractivity contribution in [2.24, 2.45) is 0 Å². The van der Waals surface area contributed by atoms with E-state index >= 15 is 0 Å². The molecule has 0 spiro atoms. The highest BCUT2D eigenvalue weighted by molar-refractivity contribution is 6.78. The molecular formula is C10H20OSi. The number of rotatable bonds is 4. The Labute approximate surface area is 77.3 Å². The third-order valence-corrected chi connectivity index (χ3v) is 2.34. The molecule has 1 N–H and O–H groups in total. The van der Waals surface area contributed by atoms with Crippen LogP contribution in [0.2, 0.25) is 13.1 Å². The lowest BCUT2D eigenvalue weighted by atomic mass is 10.2. The van der Waals surface area contributed by atoms with E-state index in [4.69, 9.17) is 0 Å². The van der Waals surface area contributed by atoms with Gasteiger partial charge in [0.15, 0.2) is 0 Å². The van der Waals surface area contributed by atoms with E-state index in [0.717, 1.165) is 6.42 Å². The summed E-state index contributed by atoms with van der Waals surface area (Å²) >= 11 is 0. The fourth-order valence-electron chi connectivity index (χ4n) is 0.919. The van der Waals surface area contributed by atoms with Crippen LogP contribution in [0.25, 0.3) is 0 Å². The van der Waals surface area contributed by atoms with Gasteiger partial charge in [0.1, 0.15) is 0 Å². The molecule has 1 nitrogen and oxygen atoms in total. The molecule has 0 amide bonds. The first-order valence-corrected chi connectivity index (χ1v) is 7.73. The van der Waals surface area contributed by atoms with Gasteiger partial charge in [0.05, 0.1) is 0 Å². The van der Waals surface area contributed by atoms with Crippen LogP contribution in [0.15, 0.2) is 0 Å². The smallest absolute Gasteiger partial charge is 0.263 e. The van der Waals surface area contributed by atoms with Gasteiger partial charge in [-0.25, -0.2) is 0 Å². The van der Waals surface area contributed by atoms with Gasteiger partial charge in [-0.3, -0.25) is 0 Å². The number of unbranched alkanes of at least 4 members (excludes halogenated alkanes) is 4. The minimum atomic E-state index is -2.09. The van der Waals surface area contributed by atoms with Gasteiger partial charge in [-0.15, -0.1) is 5.92 Å². The molecule has 0 atom stereocenters. The minimum Gasteiger partial charge on any atom is -0.422 e. The van der Waals surface area contributed by atoms with Crippen LogP contribution >= 0.6 is 0 Å². The molecule has 0 radical (unpaired) electrons. The van der Waals surface area contributed by atoms with Gasteiger partial charge in [-0.1, -0.05) is 31.7 Å². The molecule has 0 aromatic rings. The quantitative estimate of drug-likeness (QED) is 0.404. The van der Waals surface area contributed by atoms with Gasteiger partial charge in [0.25, 0.3) is 8.32 Å². The summed E-state index contributed by atoms with van der Waals surface area (Å²) in [4.78, 5) is 9.39. The highest BCUT2D eigenvalue weighted by Gasteiger charge is 2.10. The van der Waals surface area contributed by atoms with Crippen LogP contribution < -0.4 is 0 Å². The molecule has 0 aliphatic rings. The first-order chi connectivity index (χ1) is 5.56. The highest BCUT2D eigenvalue weighted by atomic mass is 28.4. The Bertz CT molecular complexity index is 159. The van der Waals surface area contributed by atoms with E-state index in [1.165, 1.54) is 25.7 Å². The Morgan fingerprint density at radius 3 is 2.33 bits per heavy atom. The molecule has 12 heavy (non-hydrogen) atoms. The van der Waals surface area contributed by atoms with E-state index < -0.39 is 8.32 Å². The van der Waals surface area contributed by atoms with Crippen molar-refractivity contribution in [1.29, 1.82) is 0 Å². The van der Waals surface area contributed by atoms with E-state index in [1.807, 2.05) is 13.1 Å². The molecule has 0 aliphatic carbocycles. The van der Waals surface area contributed by atoms with Crippen LogP contribution in [0.5, 0.6) is 0 Å². The van der Waals surface area contributed by atoms with E-state index in [9.17, 15) is 4.80 Å². The van der Waals surface area contributed by atoms with Crippen LogP contribution in [0.4, 0.5) is 0 Å². The lowest BCUT2D eigenvalue weighted by Crippen LogP contribution is -2.22. The van der Waals surface area contributed by atoms with Crippen molar-refractivity contribution in [1.82, 2.24) is 0 Å². The summed E-state index contributed by atoms with van der Waals surface area (Å²) in [6.45, 7) is 5.91. The molecule has 0 fully saturated rings. The second kappa shape index (κ2) is 6.27. The van der Waals surface area contributed by atoms with Crippen molar-refractivity contribution < 1.29 is 4.80 Å². The van der Waals surface area contributed by atoms with Crippen LogP contribution in [0.3, 0.4) is 0 Å². The van der Waals surface area contributed by atoms with Gasteiger partial charge < -0.3 is 4.80 Å². The maximum atomic E-state index is 9.39. The Kier molecular flexibility index (Phi) is 6.14. The van der Waals surface area contributed by atoms with E-state index in [0.29, 0.717) is 0 Å². The number of hydrogen-bond donors (Lipinski definition) is 1. The summed E-state index contributed by atoms with van der Waals surface area (Å²) in [7, 11) is -2.09. The van der Waals surface area contributed by atoms with Crippen LogP contribution in [-0.2, 0) is 0 Å². The summed E-state index contributed by atoms with van der Waals surface area (Å²) in [5.41, 5.74) is 2.94. The summed E-state index contributed by atoms with van der Waals surface area (Å²) < 4.78 is 0. The molecule has 0 bridgehead atoms. The normalized spacial score (nSPS) is 10.7. The molecule has 70 valence electrons. The van der Waals surface area contributed by atoms with Crippen molar-refractivity contribution in [2.75, 3.05) is 0 Å². The third kappa shape index (κ3) is 9.74. The Hall–Kier alpha value is -0.263. The maximum absolute atomic E-state index is 9.39. The van der Waals surface area contributed by atoms with Crippen molar-refractivity contribution in [3.05, 3.63) is 0 Å². The Morgan fingerprint density at radius 2 is 1.83 bits per heavy atom. The molecule has 0 unspecified atom stereocenters. The molecule has 0 heterocycles. The first kappa shape index (κ1) is 11.7. The molecule has 0 aliphatic heterocycles. The summed E-state index contributed by atoms with van der Waals surface area (Å²) in [6, 6.07) is 0. The van der Waals surface area contributed by atoms with Crippen LogP contribution in [0.1, 0.15) is 39.0 Å². The summed E-state index contributed by atoms with van der Waals surface area (Å²) in [5.74, 6) is 3.05. The van der Waals surface area contributed by atoms with Crippen LogP contribution in [-0.4, -0.2) is 13.1 Å². The predicted octanol–water partition coefficient (Wildman–Crippen LogP) is 2.70. The first-order valence-electron chi connectivity index (χ1n) is 4.78. The zero-order valence-corrected chi connectivity index (χ0v) is 9.48. The van der Waals surface area contributed by atoms with Crippen molar-refractivity contribution in [3.8, 4) is 11.5 Å². The monoisotopic (exact) mass is 184 g/mol. The van der Waals surface area contributed by atoms with E-state index in [2.05, 4.69) is 18.4 Å². The Balaban J connectivity index is 3.34. The molecule has 0 saturated carbocycles. The molecule has 0 saturated heterocycles. The average Bonchev–Trinajstić information content (AvgIpc) is 1.94. The average molecular weight is 184 g/mol. The van der Waals surface area contributed by atoms with Gasteiger partial charge >= 0.3 is 0 Å². The van der Waals surface area contributed by atoms with Crippen molar-refractivity contribution >= 4 is 8.32 Å². The lowest BCUT2D eigenvalue weighted by molar-refractivity contribution is 0.570. The number of hydrogen-bond acceptors (Lipinski definition) is 1. The fraction of sp³-hybridized carbons (Fsp3) is 0.800. The molecular weight excluding hydrogens is 164 g/mol. The molecule has 0 aromatic carbocycles. The standard InChI is InChI=1S/C10H20OSi/c1-4-5-6-7-8-9-10-12(2,3)11/h11H,4-8H2,1-3H3. The van der Waals surface area contributed by atoms with Gasteiger partial charge in [-0.05, 0) is 19.5 Å². The van der Waals surface area contributed by atoms with E-state index in [-0.39, 0.29) is 0 Å².